The Bertz CT molecular complexity index is 325. The van der Waals surface area contributed by atoms with Crippen LogP contribution < -0.4 is 4.74 Å². The molecule has 76 valence electrons. The zero-order chi connectivity index (χ0) is 10.6. The van der Waals surface area contributed by atoms with Gasteiger partial charge in [0.1, 0.15) is 10.6 Å². The first-order valence-electron chi connectivity index (χ1n) is 4.05. The molecule has 0 amide bonds. The quantitative estimate of drug-likeness (QED) is 0.617. The highest BCUT2D eigenvalue weighted by atomic mass is 79.9. The van der Waals surface area contributed by atoms with Gasteiger partial charge in [-0.3, -0.25) is 4.79 Å². The van der Waals surface area contributed by atoms with E-state index in [1.54, 1.807) is 13.2 Å². The lowest BCUT2D eigenvalue weighted by Crippen LogP contribution is -2.08. The van der Waals surface area contributed by atoms with Gasteiger partial charge in [0.2, 0.25) is 0 Å². The minimum Gasteiger partial charge on any atom is -0.497 e. The average molecular weight is 259 g/mol. The summed E-state index contributed by atoms with van der Waals surface area (Å²) in [4.78, 5) is 10.8. The Morgan fingerprint density at radius 3 is 2.71 bits per heavy atom. The van der Waals surface area contributed by atoms with Crippen LogP contribution in [0.4, 0.5) is 0 Å². The second-order valence-corrected chi connectivity index (χ2v) is 3.58. The highest BCUT2D eigenvalue weighted by Crippen LogP contribution is 2.26. The van der Waals surface area contributed by atoms with Gasteiger partial charge < -0.3 is 9.47 Å². The SMILES string of the molecule is COC(=O)[C@@H](Br)c1cccc(OC)c1. The highest BCUT2D eigenvalue weighted by Gasteiger charge is 2.17. The Labute approximate surface area is 91.1 Å². The first-order chi connectivity index (χ1) is 6.69. The topological polar surface area (TPSA) is 35.5 Å². The summed E-state index contributed by atoms with van der Waals surface area (Å²) in [7, 11) is 2.94. The van der Waals surface area contributed by atoms with Crippen LogP contribution in [-0.4, -0.2) is 20.2 Å². The van der Waals surface area contributed by atoms with Gasteiger partial charge in [0.15, 0.2) is 0 Å². The molecule has 0 aliphatic heterocycles. The van der Waals surface area contributed by atoms with Crippen LogP contribution in [0, 0.1) is 0 Å². The van der Waals surface area contributed by atoms with Crippen molar-refractivity contribution in [3.8, 4) is 5.75 Å². The van der Waals surface area contributed by atoms with Crippen molar-refractivity contribution in [2.75, 3.05) is 14.2 Å². The average Bonchev–Trinajstić information content (AvgIpc) is 2.27. The number of hydrogen-bond donors (Lipinski definition) is 0. The molecule has 0 bridgehead atoms. The largest absolute Gasteiger partial charge is 0.497 e. The second-order valence-electron chi connectivity index (χ2n) is 2.66. The van der Waals surface area contributed by atoms with Gasteiger partial charge in [-0.05, 0) is 17.7 Å². The molecule has 0 aromatic heterocycles. The molecule has 0 radical (unpaired) electrons. The normalized spacial score (nSPS) is 11.9. The highest BCUT2D eigenvalue weighted by molar-refractivity contribution is 9.09. The predicted molar refractivity (Wildman–Crippen MR) is 56.7 cm³/mol. The van der Waals surface area contributed by atoms with Crippen molar-refractivity contribution >= 4 is 21.9 Å². The summed E-state index contributed by atoms with van der Waals surface area (Å²) >= 11 is 3.24. The molecule has 1 aromatic carbocycles. The number of carbonyl (C=O) groups is 1. The van der Waals surface area contributed by atoms with E-state index in [9.17, 15) is 4.79 Å². The monoisotopic (exact) mass is 258 g/mol. The maximum Gasteiger partial charge on any atom is 0.324 e. The number of hydrogen-bond acceptors (Lipinski definition) is 3. The molecule has 0 N–H and O–H groups in total. The number of rotatable bonds is 3. The number of alkyl halides is 1. The van der Waals surface area contributed by atoms with Crippen LogP contribution >= 0.6 is 15.9 Å². The van der Waals surface area contributed by atoms with Crippen LogP contribution in [0.1, 0.15) is 10.4 Å². The Balaban J connectivity index is 2.89. The van der Waals surface area contributed by atoms with Crippen LogP contribution in [0.3, 0.4) is 0 Å². The van der Waals surface area contributed by atoms with Gasteiger partial charge in [0, 0.05) is 0 Å². The molecule has 0 saturated heterocycles. The summed E-state index contributed by atoms with van der Waals surface area (Å²) in [6.45, 7) is 0. The first-order valence-corrected chi connectivity index (χ1v) is 4.96. The smallest absolute Gasteiger partial charge is 0.324 e. The van der Waals surface area contributed by atoms with Crippen LogP contribution in [0.15, 0.2) is 24.3 Å². The number of benzene rings is 1. The van der Waals surface area contributed by atoms with Gasteiger partial charge in [-0.25, -0.2) is 0 Å². The molecule has 0 heterocycles. The van der Waals surface area contributed by atoms with Gasteiger partial charge >= 0.3 is 5.97 Å². The third-order valence-electron chi connectivity index (χ3n) is 1.79. The second kappa shape index (κ2) is 5.00. The van der Waals surface area contributed by atoms with Crippen molar-refractivity contribution < 1.29 is 14.3 Å². The number of carbonyl (C=O) groups excluding carboxylic acids is 1. The molecule has 0 unspecified atom stereocenters. The molecular weight excluding hydrogens is 248 g/mol. The summed E-state index contributed by atoms with van der Waals surface area (Å²) in [5.41, 5.74) is 0.816. The Kier molecular flexibility index (Phi) is 3.95. The molecule has 0 aliphatic rings. The van der Waals surface area contributed by atoms with Crippen LogP contribution in [0.5, 0.6) is 5.75 Å². The maximum atomic E-state index is 11.2. The first kappa shape index (κ1) is 11.0. The van der Waals surface area contributed by atoms with Gasteiger partial charge in [-0.1, -0.05) is 28.1 Å². The number of esters is 1. The van der Waals surface area contributed by atoms with Gasteiger partial charge in [0.25, 0.3) is 0 Å². The number of halogens is 1. The van der Waals surface area contributed by atoms with E-state index in [0.717, 1.165) is 11.3 Å². The molecule has 0 fully saturated rings. The summed E-state index contributed by atoms with van der Waals surface area (Å²) in [6.07, 6.45) is 0. The summed E-state index contributed by atoms with van der Waals surface area (Å²) in [5.74, 6) is 0.397. The summed E-state index contributed by atoms with van der Waals surface area (Å²) in [6, 6.07) is 7.26. The summed E-state index contributed by atoms with van der Waals surface area (Å²) < 4.78 is 9.66. The van der Waals surface area contributed by atoms with E-state index in [1.807, 2.05) is 18.2 Å². The minimum atomic E-state index is -0.442. The standard InChI is InChI=1S/C10H11BrO3/c1-13-8-5-3-4-7(6-8)9(11)10(12)14-2/h3-6,9H,1-2H3/t9-/m0/s1. The van der Waals surface area contributed by atoms with E-state index in [2.05, 4.69) is 20.7 Å². The molecule has 0 spiro atoms. The molecule has 0 aliphatic carbocycles. The van der Waals surface area contributed by atoms with E-state index in [0.29, 0.717) is 0 Å². The van der Waals surface area contributed by atoms with E-state index >= 15 is 0 Å². The van der Waals surface area contributed by atoms with E-state index in [4.69, 9.17) is 4.74 Å². The van der Waals surface area contributed by atoms with Crippen molar-refractivity contribution in [2.45, 2.75) is 4.83 Å². The summed E-state index contributed by atoms with van der Waals surface area (Å²) in [5, 5.41) is 0. The van der Waals surface area contributed by atoms with Crippen LogP contribution in [0.2, 0.25) is 0 Å². The van der Waals surface area contributed by atoms with Crippen molar-refractivity contribution in [1.29, 1.82) is 0 Å². The van der Waals surface area contributed by atoms with Crippen molar-refractivity contribution in [1.82, 2.24) is 0 Å². The number of methoxy groups -OCH3 is 2. The zero-order valence-electron chi connectivity index (χ0n) is 7.99. The molecule has 0 saturated carbocycles. The molecule has 3 nitrogen and oxygen atoms in total. The van der Waals surface area contributed by atoms with Gasteiger partial charge in [0.05, 0.1) is 14.2 Å². The third kappa shape index (κ3) is 2.48. The fourth-order valence-corrected chi connectivity index (χ4v) is 1.51. The molecule has 1 rings (SSSR count). The molecular formula is C10H11BrO3. The van der Waals surface area contributed by atoms with Gasteiger partial charge in [-0.2, -0.15) is 0 Å². The van der Waals surface area contributed by atoms with Gasteiger partial charge in [-0.15, -0.1) is 0 Å². The molecule has 1 atom stereocenters. The van der Waals surface area contributed by atoms with Crippen LogP contribution in [-0.2, 0) is 9.53 Å². The maximum absolute atomic E-state index is 11.2. The molecule has 4 heteroatoms. The predicted octanol–water partition coefficient (Wildman–Crippen LogP) is 2.30. The van der Waals surface area contributed by atoms with Crippen molar-refractivity contribution in [3.63, 3.8) is 0 Å². The Hall–Kier alpha value is -1.03. The third-order valence-corrected chi connectivity index (χ3v) is 2.70. The van der Waals surface area contributed by atoms with Crippen molar-refractivity contribution in [3.05, 3.63) is 29.8 Å². The Morgan fingerprint density at radius 2 is 2.14 bits per heavy atom. The Morgan fingerprint density at radius 1 is 1.43 bits per heavy atom. The lowest BCUT2D eigenvalue weighted by Gasteiger charge is -2.08. The lowest BCUT2D eigenvalue weighted by atomic mass is 10.1. The molecule has 1 aromatic rings. The number of ether oxygens (including phenoxy) is 2. The van der Waals surface area contributed by atoms with E-state index < -0.39 is 4.83 Å². The molecule has 14 heavy (non-hydrogen) atoms. The lowest BCUT2D eigenvalue weighted by molar-refractivity contribution is -0.139. The van der Waals surface area contributed by atoms with Crippen molar-refractivity contribution in [2.24, 2.45) is 0 Å². The van der Waals surface area contributed by atoms with E-state index in [-0.39, 0.29) is 5.97 Å². The zero-order valence-corrected chi connectivity index (χ0v) is 9.58. The van der Waals surface area contributed by atoms with E-state index in [1.165, 1.54) is 7.11 Å². The fraction of sp³-hybridized carbons (Fsp3) is 0.300. The van der Waals surface area contributed by atoms with Crippen LogP contribution in [0.25, 0.3) is 0 Å². The minimum absolute atomic E-state index is 0.321. The fourth-order valence-electron chi connectivity index (χ4n) is 1.04.